The second-order valence-electron chi connectivity index (χ2n) is 5.63. The molecule has 1 fully saturated rings. The van der Waals surface area contributed by atoms with Crippen molar-refractivity contribution >= 4 is 21.4 Å². The molecule has 22 heavy (non-hydrogen) atoms. The summed E-state index contributed by atoms with van der Waals surface area (Å²) in [4.78, 5) is 0.271. The van der Waals surface area contributed by atoms with E-state index in [-0.39, 0.29) is 17.4 Å². The van der Waals surface area contributed by atoms with E-state index in [1.165, 1.54) is 0 Å². The maximum Gasteiger partial charge on any atom is 0.183 e. The van der Waals surface area contributed by atoms with Gasteiger partial charge >= 0.3 is 0 Å². The number of hydrogen-bond acceptors (Lipinski definition) is 4. The van der Waals surface area contributed by atoms with E-state index in [0.29, 0.717) is 5.02 Å². The van der Waals surface area contributed by atoms with Gasteiger partial charge in [-0.15, -0.1) is 0 Å². The number of rotatable bonds is 4. The Hall–Kier alpha value is -1.40. The molecular formula is C16H17ClN2O2S. The van der Waals surface area contributed by atoms with Gasteiger partial charge in [-0.05, 0) is 29.8 Å². The monoisotopic (exact) mass is 336 g/mol. The lowest BCUT2D eigenvalue weighted by molar-refractivity contribution is 0.586. The van der Waals surface area contributed by atoms with Crippen molar-refractivity contribution in [3.63, 3.8) is 0 Å². The fourth-order valence-corrected chi connectivity index (χ4v) is 5.62. The molecule has 3 atom stereocenters. The van der Waals surface area contributed by atoms with Gasteiger partial charge in [0.15, 0.2) is 9.84 Å². The second-order valence-corrected chi connectivity index (χ2v) is 8.13. The third kappa shape index (κ3) is 2.34. The van der Waals surface area contributed by atoms with E-state index in [9.17, 15) is 8.42 Å². The van der Waals surface area contributed by atoms with Crippen LogP contribution in [0.3, 0.4) is 0 Å². The zero-order valence-electron chi connectivity index (χ0n) is 11.8. The van der Waals surface area contributed by atoms with Gasteiger partial charge in [0.25, 0.3) is 0 Å². The summed E-state index contributed by atoms with van der Waals surface area (Å²) in [6.45, 7) is 0.0981. The molecule has 0 aromatic heterocycles. The summed E-state index contributed by atoms with van der Waals surface area (Å²) in [5, 5.41) is -0.175. The highest BCUT2D eigenvalue weighted by Gasteiger charge is 2.68. The Labute approximate surface area is 135 Å². The topological polar surface area (TPSA) is 86.2 Å². The predicted molar refractivity (Wildman–Crippen MR) is 87.6 cm³/mol. The van der Waals surface area contributed by atoms with Crippen molar-refractivity contribution in [3.8, 4) is 0 Å². The van der Waals surface area contributed by atoms with Crippen LogP contribution in [0.4, 0.5) is 0 Å². The van der Waals surface area contributed by atoms with E-state index < -0.39 is 20.6 Å². The van der Waals surface area contributed by atoms with Crippen LogP contribution in [0.2, 0.25) is 5.02 Å². The molecule has 6 heteroatoms. The molecule has 0 spiro atoms. The van der Waals surface area contributed by atoms with E-state index in [2.05, 4.69) is 0 Å². The first kappa shape index (κ1) is 15.5. The van der Waals surface area contributed by atoms with Gasteiger partial charge < -0.3 is 11.5 Å². The van der Waals surface area contributed by atoms with Crippen LogP contribution in [0.5, 0.6) is 0 Å². The molecule has 4 nitrogen and oxygen atoms in total. The molecule has 0 saturated heterocycles. The first-order chi connectivity index (χ1) is 10.4. The Morgan fingerprint density at radius 3 is 2.36 bits per heavy atom. The predicted octanol–water partition coefficient (Wildman–Crippen LogP) is 1.94. The molecule has 0 aliphatic heterocycles. The molecule has 3 rings (SSSR count). The van der Waals surface area contributed by atoms with Gasteiger partial charge in [0, 0.05) is 17.5 Å². The van der Waals surface area contributed by atoms with Gasteiger partial charge in [0.2, 0.25) is 0 Å². The zero-order chi connectivity index (χ0) is 16.0. The number of halogens is 1. The minimum absolute atomic E-state index is 0.0981. The fourth-order valence-electron chi connectivity index (χ4n) is 3.08. The highest BCUT2D eigenvalue weighted by Crippen LogP contribution is 2.55. The summed E-state index contributed by atoms with van der Waals surface area (Å²) in [6.07, 6.45) is 0. The van der Waals surface area contributed by atoms with Crippen molar-refractivity contribution in [2.24, 2.45) is 11.5 Å². The second kappa shape index (κ2) is 5.35. The quantitative estimate of drug-likeness (QED) is 0.893. The molecule has 4 N–H and O–H groups in total. The molecule has 1 aliphatic rings. The van der Waals surface area contributed by atoms with E-state index in [1.807, 2.05) is 6.07 Å². The summed E-state index contributed by atoms with van der Waals surface area (Å²) >= 11 is 6.01. The minimum Gasteiger partial charge on any atom is -0.329 e. The summed E-state index contributed by atoms with van der Waals surface area (Å²) in [5.41, 5.74) is 11.9. The van der Waals surface area contributed by atoms with Crippen LogP contribution in [0, 0.1) is 0 Å². The molecule has 1 aliphatic carbocycles. The molecule has 0 heterocycles. The first-order valence-corrected chi connectivity index (χ1v) is 8.87. The first-order valence-electron chi connectivity index (χ1n) is 6.94. The number of hydrogen-bond donors (Lipinski definition) is 2. The average molecular weight is 337 g/mol. The Morgan fingerprint density at radius 2 is 1.77 bits per heavy atom. The summed E-state index contributed by atoms with van der Waals surface area (Å²) in [7, 11) is -3.54. The van der Waals surface area contributed by atoms with Crippen LogP contribution in [0.1, 0.15) is 11.5 Å². The summed E-state index contributed by atoms with van der Waals surface area (Å²) in [5.74, 6) is -0.346. The number of sulfone groups is 1. The third-order valence-corrected chi connectivity index (χ3v) is 6.81. The molecule has 2 aromatic carbocycles. The van der Waals surface area contributed by atoms with Crippen molar-refractivity contribution in [1.82, 2.24) is 0 Å². The van der Waals surface area contributed by atoms with Gasteiger partial charge in [-0.2, -0.15) is 0 Å². The summed E-state index contributed by atoms with van der Waals surface area (Å²) in [6, 6.07) is 15.5. The molecule has 3 unspecified atom stereocenters. The average Bonchev–Trinajstić information content (AvgIpc) is 3.16. The minimum atomic E-state index is -3.54. The Kier molecular flexibility index (Phi) is 3.77. The van der Waals surface area contributed by atoms with Crippen molar-refractivity contribution in [1.29, 1.82) is 0 Å². The van der Waals surface area contributed by atoms with Gasteiger partial charge in [0.1, 0.15) is 0 Å². The Morgan fingerprint density at radius 1 is 1.09 bits per heavy atom. The van der Waals surface area contributed by atoms with Crippen molar-refractivity contribution < 1.29 is 8.42 Å². The van der Waals surface area contributed by atoms with Gasteiger partial charge in [-0.1, -0.05) is 41.9 Å². The van der Waals surface area contributed by atoms with E-state index >= 15 is 0 Å². The fraction of sp³-hybridized carbons (Fsp3) is 0.250. The normalized spacial score (nSPS) is 27.6. The van der Waals surface area contributed by atoms with Crippen molar-refractivity contribution in [2.45, 2.75) is 21.6 Å². The smallest absolute Gasteiger partial charge is 0.183 e. The van der Waals surface area contributed by atoms with Crippen LogP contribution < -0.4 is 11.5 Å². The van der Waals surface area contributed by atoms with E-state index in [1.54, 1.807) is 48.5 Å². The lowest BCUT2D eigenvalue weighted by atomic mass is 10.1. The molecule has 116 valence electrons. The molecule has 1 saturated carbocycles. The number of nitrogens with two attached hydrogens (primary N) is 2. The van der Waals surface area contributed by atoms with E-state index in [0.717, 1.165) is 5.56 Å². The van der Waals surface area contributed by atoms with Gasteiger partial charge in [0.05, 0.1) is 15.7 Å². The lowest BCUT2D eigenvalue weighted by Gasteiger charge is -2.09. The molecule has 0 amide bonds. The molecule has 0 radical (unpaired) electrons. The maximum atomic E-state index is 12.9. The third-order valence-electron chi connectivity index (χ3n) is 4.27. The highest BCUT2D eigenvalue weighted by atomic mass is 35.5. The summed E-state index contributed by atoms with van der Waals surface area (Å²) < 4.78 is 25.7. The molecule has 0 bridgehead atoms. The van der Waals surface area contributed by atoms with Crippen LogP contribution in [0.15, 0.2) is 59.5 Å². The molecular weight excluding hydrogens is 320 g/mol. The Balaban J connectivity index is 2.04. The van der Waals surface area contributed by atoms with Crippen LogP contribution in [-0.4, -0.2) is 25.8 Å². The largest absolute Gasteiger partial charge is 0.329 e. The van der Waals surface area contributed by atoms with Gasteiger partial charge in [-0.3, -0.25) is 0 Å². The van der Waals surface area contributed by atoms with Crippen LogP contribution in [0.25, 0.3) is 0 Å². The Bertz CT molecular complexity index is 795. The number of benzene rings is 2. The van der Waals surface area contributed by atoms with Crippen molar-refractivity contribution in [3.05, 3.63) is 65.2 Å². The van der Waals surface area contributed by atoms with E-state index in [4.69, 9.17) is 23.1 Å². The van der Waals surface area contributed by atoms with Crippen LogP contribution in [-0.2, 0) is 9.84 Å². The highest BCUT2D eigenvalue weighted by molar-refractivity contribution is 7.92. The van der Waals surface area contributed by atoms with Crippen molar-refractivity contribution in [2.75, 3.05) is 6.54 Å². The SMILES string of the molecule is NCC1(N)C(c2cccc(Cl)c2)C1S(=O)(=O)c1ccccc1. The van der Waals surface area contributed by atoms with Gasteiger partial charge in [-0.25, -0.2) is 8.42 Å². The van der Waals surface area contributed by atoms with Crippen LogP contribution >= 0.6 is 11.6 Å². The molecule has 2 aromatic rings. The standard InChI is InChI=1S/C16H17ClN2O2S/c17-12-6-4-5-11(9-12)14-15(16(14,19)10-18)22(20,21)13-7-2-1-3-8-13/h1-9,14-15H,10,18-19H2. The lowest BCUT2D eigenvalue weighted by Crippen LogP contribution is -2.39. The zero-order valence-corrected chi connectivity index (χ0v) is 13.4. The maximum absolute atomic E-state index is 12.9.